The number of amides is 2. The quantitative estimate of drug-likeness (QED) is 0.320. The van der Waals surface area contributed by atoms with Crippen LogP contribution in [0.4, 0.5) is 10.1 Å². The van der Waals surface area contributed by atoms with Gasteiger partial charge in [0.05, 0.1) is 10.6 Å². The molecule has 0 saturated heterocycles. The fourth-order valence-electron chi connectivity index (χ4n) is 3.99. The van der Waals surface area contributed by atoms with Gasteiger partial charge in [-0.15, -0.1) is 0 Å². The molecule has 0 heterocycles. The highest BCUT2D eigenvalue weighted by atomic mass is 35.5. The van der Waals surface area contributed by atoms with Gasteiger partial charge in [0.15, 0.2) is 0 Å². The number of halogens is 2. The van der Waals surface area contributed by atoms with Crippen molar-refractivity contribution in [3.63, 3.8) is 0 Å². The average molecular weight is 574 g/mol. The summed E-state index contributed by atoms with van der Waals surface area (Å²) in [5.74, 6) is -1.14. The highest BCUT2D eigenvalue weighted by Crippen LogP contribution is 2.25. The van der Waals surface area contributed by atoms with Gasteiger partial charge in [-0.3, -0.25) is 13.9 Å². The molecule has 1 unspecified atom stereocenters. The molecule has 0 aromatic heterocycles. The molecule has 0 aliphatic rings. The molecular weight excluding hydrogens is 541 g/mol. The largest absolute Gasteiger partial charge is 0.354 e. The van der Waals surface area contributed by atoms with E-state index in [1.165, 1.54) is 53.4 Å². The van der Waals surface area contributed by atoms with E-state index in [9.17, 15) is 22.4 Å². The Balaban J connectivity index is 2.01. The van der Waals surface area contributed by atoms with Crippen LogP contribution in [-0.4, -0.2) is 44.3 Å². The monoisotopic (exact) mass is 573 g/mol. The molecule has 1 atom stereocenters. The van der Waals surface area contributed by atoms with Crippen LogP contribution in [0.25, 0.3) is 0 Å². The van der Waals surface area contributed by atoms with E-state index in [0.29, 0.717) is 29.2 Å². The summed E-state index contributed by atoms with van der Waals surface area (Å²) in [6.45, 7) is 5.57. The summed E-state index contributed by atoms with van der Waals surface area (Å²) < 4.78 is 42.1. The summed E-state index contributed by atoms with van der Waals surface area (Å²) in [4.78, 5) is 28.4. The average Bonchev–Trinajstić information content (AvgIpc) is 2.92. The maximum absolute atomic E-state index is 13.9. The van der Waals surface area contributed by atoms with Gasteiger partial charge in [0.1, 0.15) is 18.4 Å². The number of carbonyl (C=O) groups excluding carboxylic acids is 2. The third-order valence-electron chi connectivity index (χ3n) is 6.06. The Morgan fingerprint density at radius 3 is 2.13 bits per heavy atom. The molecule has 10 heteroatoms. The van der Waals surface area contributed by atoms with Gasteiger partial charge in [0, 0.05) is 18.1 Å². The van der Waals surface area contributed by atoms with Crippen molar-refractivity contribution in [1.82, 2.24) is 10.2 Å². The summed E-state index contributed by atoms with van der Waals surface area (Å²) >= 11 is 5.97. The van der Waals surface area contributed by atoms with E-state index in [1.807, 2.05) is 13.8 Å². The second-order valence-electron chi connectivity index (χ2n) is 9.51. The lowest BCUT2D eigenvalue weighted by molar-refractivity contribution is -0.140. The minimum Gasteiger partial charge on any atom is -0.354 e. The van der Waals surface area contributed by atoms with Gasteiger partial charge < -0.3 is 10.2 Å². The van der Waals surface area contributed by atoms with Crippen molar-refractivity contribution in [3.8, 4) is 0 Å². The molecule has 0 radical (unpaired) electrons. The Morgan fingerprint density at radius 1 is 0.949 bits per heavy atom. The third-order valence-corrected chi connectivity index (χ3v) is 8.10. The van der Waals surface area contributed by atoms with Gasteiger partial charge in [0.2, 0.25) is 11.8 Å². The maximum Gasteiger partial charge on any atom is 0.264 e. The normalized spacial score (nSPS) is 12.2. The van der Waals surface area contributed by atoms with Crippen LogP contribution in [0.15, 0.2) is 83.8 Å². The molecular formula is C29H33ClFN3O4S. The third kappa shape index (κ3) is 8.03. The number of rotatable bonds is 12. The second kappa shape index (κ2) is 13.6. The molecule has 0 fully saturated rings. The number of para-hydroxylation sites is 1. The Morgan fingerprint density at radius 2 is 1.56 bits per heavy atom. The second-order valence-corrected chi connectivity index (χ2v) is 11.8. The summed E-state index contributed by atoms with van der Waals surface area (Å²) in [5.41, 5.74) is 0.895. The topological polar surface area (TPSA) is 86.8 Å². The van der Waals surface area contributed by atoms with Gasteiger partial charge >= 0.3 is 0 Å². The zero-order valence-electron chi connectivity index (χ0n) is 22.2. The van der Waals surface area contributed by atoms with E-state index < -0.39 is 34.3 Å². The summed E-state index contributed by atoms with van der Waals surface area (Å²) in [6.07, 6.45) is 0.298. The van der Waals surface area contributed by atoms with Crippen LogP contribution in [0.5, 0.6) is 0 Å². The molecule has 0 bridgehead atoms. The van der Waals surface area contributed by atoms with Crippen LogP contribution >= 0.6 is 11.6 Å². The lowest BCUT2D eigenvalue weighted by atomic mass is 10.1. The molecule has 7 nitrogen and oxygen atoms in total. The van der Waals surface area contributed by atoms with Crippen molar-refractivity contribution in [2.45, 2.75) is 44.7 Å². The molecule has 0 aliphatic heterocycles. The van der Waals surface area contributed by atoms with E-state index in [-0.39, 0.29) is 23.3 Å². The molecule has 0 aliphatic carbocycles. The van der Waals surface area contributed by atoms with Crippen molar-refractivity contribution in [2.24, 2.45) is 5.92 Å². The Hall–Kier alpha value is -3.43. The summed E-state index contributed by atoms with van der Waals surface area (Å²) in [7, 11) is -4.18. The lowest BCUT2D eigenvalue weighted by Gasteiger charge is -2.33. The lowest BCUT2D eigenvalue weighted by Crippen LogP contribution is -2.52. The Bertz CT molecular complexity index is 1350. The maximum atomic E-state index is 13.9. The van der Waals surface area contributed by atoms with Crippen molar-refractivity contribution < 1.29 is 22.4 Å². The number of benzene rings is 3. The number of nitrogens with zero attached hydrogens (tertiary/aromatic N) is 2. The van der Waals surface area contributed by atoms with Gasteiger partial charge in [0.25, 0.3) is 10.0 Å². The van der Waals surface area contributed by atoms with Gasteiger partial charge in [-0.2, -0.15) is 0 Å². The number of sulfonamides is 1. The standard InChI is InChI=1S/C29H33ClFN3O4S/c1-4-27(29(36)32-18-21(2)3)33(19-22-10-14-24(31)15-11-22)28(35)20-34(25-8-6-5-7-9-25)39(37,38)26-16-12-23(30)13-17-26/h5-17,21,27H,4,18-20H2,1-3H3,(H,32,36). The Kier molecular flexibility index (Phi) is 10.5. The number of nitrogens with one attached hydrogen (secondary N) is 1. The first-order valence-corrected chi connectivity index (χ1v) is 14.5. The summed E-state index contributed by atoms with van der Waals surface area (Å²) in [6, 6.07) is 18.7. The highest BCUT2D eigenvalue weighted by molar-refractivity contribution is 7.92. The van der Waals surface area contributed by atoms with E-state index in [0.717, 1.165) is 4.31 Å². The first-order chi connectivity index (χ1) is 18.5. The van der Waals surface area contributed by atoms with E-state index in [4.69, 9.17) is 11.6 Å². The fraction of sp³-hybridized carbons (Fsp3) is 0.310. The minimum atomic E-state index is -4.18. The van der Waals surface area contributed by atoms with Crippen LogP contribution < -0.4 is 9.62 Å². The van der Waals surface area contributed by atoms with E-state index >= 15 is 0 Å². The van der Waals surface area contributed by atoms with Crippen molar-refractivity contribution >= 4 is 39.1 Å². The molecule has 3 rings (SSSR count). The molecule has 0 saturated carbocycles. The zero-order valence-corrected chi connectivity index (χ0v) is 23.8. The Labute approximate surface area is 234 Å². The number of anilines is 1. The molecule has 2 amide bonds. The van der Waals surface area contributed by atoms with Crippen molar-refractivity contribution in [2.75, 3.05) is 17.4 Å². The molecule has 208 valence electrons. The first-order valence-electron chi connectivity index (χ1n) is 12.7. The summed E-state index contributed by atoms with van der Waals surface area (Å²) in [5, 5.41) is 3.25. The first kappa shape index (κ1) is 30.1. The SMILES string of the molecule is CCC(C(=O)NCC(C)C)N(Cc1ccc(F)cc1)C(=O)CN(c1ccccc1)S(=O)(=O)c1ccc(Cl)cc1. The fourth-order valence-corrected chi connectivity index (χ4v) is 5.53. The number of hydrogen-bond donors (Lipinski definition) is 1. The van der Waals surface area contributed by atoms with Gasteiger partial charge in [-0.1, -0.05) is 62.7 Å². The van der Waals surface area contributed by atoms with Crippen LogP contribution in [-0.2, 0) is 26.2 Å². The van der Waals surface area contributed by atoms with Crippen molar-refractivity contribution in [1.29, 1.82) is 0 Å². The molecule has 39 heavy (non-hydrogen) atoms. The van der Waals surface area contributed by atoms with E-state index in [2.05, 4.69) is 5.32 Å². The van der Waals surface area contributed by atoms with Gasteiger partial charge in [-0.05, 0) is 66.4 Å². The molecule has 3 aromatic carbocycles. The molecule has 0 spiro atoms. The number of hydrogen-bond acceptors (Lipinski definition) is 4. The van der Waals surface area contributed by atoms with Crippen molar-refractivity contribution in [3.05, 3.63) is 95.3 Å². The number of carbonyl (C=O) groups is 2. The smallest absolute Gasteiger partial charge is 0.264 e. The van der Waals surface area contributed by atoms with Crippen LogP contribution in [0.2, 0.25) is 5.02 Å². The van der Waals surface area contributed by atoms with E-state index in [1.54, 1.807) is 37.3 Å². The van der Waals surface area contributed by atoms with Crippen LogP contribution in [0.1, 0.15) is 32.8 Å². The zero-order chi connectivity index (χ0) is 28.6. The van der Waals surface area contributed by atoms with Gasteiger partial charge in [-0.25, -0.2) is 12.8 Å². The highest BCUT2D eigenvalue weighted by Gasteiger charge is 2.33. The van der Waals surface area contributed by atoms with Crippen LogP contribution in [0, 0.1) is 11.7 Å². The molecule has 1 N–H and O–H groups in total. The molecule has 3 aromatic rings. The predicted octanol–water partition coefficient (Wildman–Crippen LogP) is 5.25. The van der Waals surface area contributed by atoms with Crippen LogP contribution in [0.3, 0.4) is 0 Å². The predicted molar refractivity (Wildman–Crippen MR) is 151 cm³/mol. The minimum absolute atomic E-state index is 0.00363.